The molecule has 52 heavy (non-hydrogen) atoms. The van der Waals surface area contributed by atoms with Crippen molar-refractivity contribution in [3.63, 3.8) is 0 Å². The zero-order valence-corrected chi connectivity index (χ0v) is 32.3. The topological polar surface area (TPSA) is 152 Å². The van der Waals surface area contributed by atoms with E-state index in [0.29, 0.717) is 25.0 Å². The third-order valence-corrected chi connectivity index (χ3v) is 15.6. The smallest absolute Gasteiger partial charge is 0.346 e. The first-order chi connectivity index (χ1) is 24.9. The first-order valence-corrected chi connectivity index (χ1v) is 21.2. The van der Waals surface area contributed by atoms with Crippen LogP contribution in [-0.4, -0.2) is 92.6 Å². The van der Waals surface area contributed by atoms with E-state index in [1.54, 1.807) is 37.2 Å². The molecule has 0 unspecified atom stereocenters. The van der Waals surface area contributed by atoms with E-state index in [1.165, 1.54) is 19.4 Å². The van der Waals surface area contributed by atoms with E-state index in [1.807, 2.05) is 4.90 Å². The Kier molecular flexibility index (Phi) is 13.1. The molecule has 288 valence electrons. The normalized spacial score (nSPS) is 19.3. The van der Waals surface area contributed by atoms with E-state index in [0.717, 1.165) is 25.3 Å². The van der Waals surface area contributed by atoms with Crippen LogP contribution >= 0.6 is 15.2 Å². The maximum Gasteiger partial charge on any atom is 0.346 e. The number of benzene rings is 1. The minimum Gasteiger partial charge on any atom is -0.492 e. The van der Waals surface area contributed by atoms with Crippen LogP contribution in [0.15, 0.2) is 29.7 Å². The van der Waals surface area contributed by atoms with Crippen molar-refractivity contribution in [1.82, 2.24) is 9.47 Å². The average Bonchev–Trinajstić information content (AvgIpc) is 3.87. The van der Waals surface area contributed by atoms with Crippen LogP contribution in [0.25, 0.3) is 10.9 Å². The molecular formula is C35H50FN3O11P2. The summed E-state index contributed by atoms with van der Waals surface area (Å²) in [5, 5.41) is -1.50. The van der Waals surface area contributed by atoms with Crippen LogP contribution in [0.5, 0.6) is 5.75 Å². The molecule has 5 rings (SSSR count). The quantitative estimate of drug-likeness (QED) is 0.0924. The van der Waals surface area contributed by atoms with Crippen molar-refractivity contribution in [2.75, 3.05) is 64.7 Å². The van der Waals surface area contributed by atoms with Crippen LogP contribution in [0.3, 0.4) is 0 Å². The third-order valence-electron chi connectivity index (χ3n) is 9.64. The van der Waals surface area contributed by atoms with Crippen molar-refractivity contribution in [2.24, 2.45) is 5.92 Å². The molecule has 3 fully saturated rings. The monoisotopic (exact) mass is 769 g/mol. The highest BCUT2D eigenvalue weighted by molar-refractivity contribution is 7.72. The summed E-state index contributed by atoms with van der Waals surface area (Å²) in [6.45, 7) is 10.9. The van der Waals surface area contributed by atoms with Crippen molar-refractivity contribution in [3.8, 4) is 5.75 Å². The highest BCUT2D eigenvalue weighted by Gasteiger charge is 2.53. The fourth-order valence-corrected chi connectivity index (χ4v) is 12.6. The summed E-state index contributed by atoms with van der Waals surface area (Å²) in [6.07, 6.45) is 5.43. The van der Waals surface area contributed by atoms with Gasteiger partial charge in [-0.1, -0.05) is 12.7 Å². The van der Waals surface area contributed by atoms with Crippen LogP contribution in [0.4, 0.5) is 10.1 Å². The number of piperidine rings is 1. The zero-order chi connectivity index (χ0) is 37.8. The van der Waals surface area contributed by atoms with Gasteiger partial charge in [0.2, 0.25) is 11.3 Å². The van der Waals surface area contributed by atoms with E-state index in [4.69, 9.17) is 27.6 Å². The fourth-order valence-electron chi connectivity index (χ4n) is 7.41. The summed E-state index contributed by atoms with van der Waals surface area (Å²) < 4.78 is 79.8. The second kappa shape index (κ2) is 17.0. The van der Waals surface area contributed by atoms with Gasteiger partial charge >= 0.3 is 21.2 Å². The highest BCUT2D eigenvalue weighted by Crippen LogP contribution is 2.71. The van der Waals surface area contributed by atoms with Gasteiger partial charge in [0.05, 0.1) is 56.9 Å². The van der Waals surface area contributed by atoms with Crippen LogP contribution in [-0.2, 0) is 36.8 Å². The highest BCUT2D eigenvalue weighted by atomic mass is 31.2. The molecule has 2 aliphatic heterocycles. The van der Waals surface area contributed by atoms with Gasteiger partial charge in [-0.15, -0.1) is 0 Å². The number of anilines is 1. The molecule has 2 aromatic rings. The fraction of sp³-hybridized carbons (Fsp3) is 0.629. The number of rotatable bonds is 18. The van der Waals surface area contributed by atoms with Crippen LogP contribution in [0.2, 0.25) is 0 Å². The number of ether oxygens (including phenoxy) is 2. The van der Waals surface area contributed by atoms with E-state index in [9.17, 15) is 23.5 Å². The number of hydrogen-bond donors (Lipinski definition) is 0. The average molecular weight is 770 g/mol. The summed E-state index contributed by atoms with van der Waals surface area (Å²) in [6, 6.07) is 0.760. The first-order valence-electron chi connectivity index (χ1n) is 18.0. The number of esters is 1. The zero-order valence-electron chi connectivity index (χ0n) is 30.5. The van der Waals surface area contributed by atoms with Crippen molar-refractivity contribution in [2.45, 2.75) is 77.3 Å². The summed E-state index contributed by atoms with van der Waals surface area (Å²) in [7, 11) is -6.93. The number of fused-ring (bicyclic) bond motifs is 2. The first kappa shape index (κ1) is 40.1. The molecular weight excluding hydrogens is 719 g/mol. The van der Waals surface area contributed by atoms with Crippen LogP contribution in [0, 0.1) is 11.7 Å². The molecule has 1 aliphatic carbocycles. The standard InChI is InChI=1S/C35H50FN3O11P2/c1-7-17-46-35(42)26-21-39(24-14-15-24)31-25(33(26)41)18-27(36)32(34(31)45-6)37-20-23-13-12-16-38(28(23)22-37)29(40)19-30(51(43,47-8-2)48-9-3)52(44,49-10-4)50-11-5/h7,18,21,23-24,28,30H,1,8-17,19-20,22H2,2-6H3/t23-,28+/m0/s1. The Morgan fingerprint density at radius 1 is 1.00 bits per heavy atom. The SMILES string of the molecule is C=CCOC(=O)c1cn(C2CC2)c2c(OC)c(N3C[C@@H]4CCCN(C(=O)CC(P(=O)(OCC)OCC)P(=O)(OCC)OCC)[C@@H]4C3)c(F)cc2c1=O. The van der Waals surface area contributed by atoms with Crippen LogP contribution < -0.4 is 15.1 Å². The number of hydrogen-bond acceptors (Lipinski definition) is 12. The molecule has 2 atom stereocenters. The molecule has 0 N–H and O–H groups in total. The Morgan fingerprint density at radius 3 is 2.15 bits per heavy atom. The number of amides is 1. The molecule has 0 spiro atoms. The van der Waals surface area contributed by atoms with Gasteiger partial charge < -0.3 is 41.9 Å². The number of carbonyl (C=O) groups is 2. The lowest BCUT2D eigenvalue weighted by Crippen LogP contribution is -2.49. The number of likely N-dealkylation sites (tertiary alicyclic amines) is 1. The molecule has 3 aliphatic rings. The predicted octanol–water partition coefficient (Wildman–Crippen LogP) is 6.50. The summed E-state index contributed by atoms with van der Waals surface area (Å²) in [5.41, 5.74) is -0.340. The lowest BCUT2D eigenvalue weighted by molar-refractivity contribution is -0.135. The van der Waals surface area contributed by atoms with Gasteiger partial charge in [-0.3, -0.25) is 18.7 Å². The Hall–Kier alpha value is -3.06. The van der Waals surface area contributed by atoms with Crippen molar-refractivity contribution < 1.29 is 50.7 Å². The Bertz CT molecular complexity index is 1770. The Morgan fingerprint density at radius 2 is 1.62 bits per heavy atom. The van der Waals surface area contributed by atoms with E-state index in [2.05, 4.69) is 6.58 Å². The summed E-state index contributed by atoms with van der Waals surface area (Å²) in [5.74, 6) is -1.85. The van der Waals surface area contributed by atoms with Gasteiger partial charge in [-0.2, -0.15) is 0 Å². The lowest BCUT2D eigenvalue weighted by Gasteiger charge is -2.38. The van der Waals surface area contributed by atoms with Gasteiger partial charge in [0.15, 0.2) is 17.0 Å². The van der Waals surface area contributed by atoms with Gasteiger partial charge in [-0.05, 0) is 65.4 Å². The van der Waals surface area contributed by atoms with Crippen molar-refractivity contribution in [3.05, 3.63) is 46.5 Å². The Balaban J connectivity index is 1.51. The minimum atomic E-state index is -4.17. The molecule has 2 saturated heterocycles. The minimum absolute atomic E-state index is 0.00133. The largest absolute Gasteiger partial charge is 0.492 e. The molecule has 14 nitrogen and oxygen atoms in total. The maximum absolute atomic E-state index is 16.3. The van der Waals surface area contributed by atoms with Gasteiger partial charge in [-0.25, -0.2) is 9.18 Å². The molecule has 17 heteroatoms. The number of halogens is 1. The van der Waals surface area contributed by atoms with E-state index < -0.39 is 50.1 Å². The number of methoxy groups -OCH3 is 1. The number of aromatic nitrogens is 1. The molecule has 1 saturated carbocycles. The molecule has 0 radical (unpaired) electrons. The molecule has 1 amide bonds. The van der Waals surface area contributed by atoms with Crippen molar-refractivity contribution in [1.29, 1.82) is 0 Å². The van der Waals surface area contributed by atoms with Gasteiger partial charge in [0.25, 0.3) is 0 Å². The second-order valence-corrected chi connectivity index (χ2v) is 17.8. The van der Waals surface area contributed by atoms with Gasteiger partial charge in [0, 0.05) is 31.9 Å². The second-order valence-electron chi connectivity index (χ2n) is 12.9. The molecule has 0 bridgehead atoms. The molecule has 1 aromatic carbocycles. The summed E-state index contributed by atoms with van der Waals surface area (Å²) in [4.78, 5) is 44.2. The number of pyridine rings is 1. The maximum atomic E-state index is 16.3. The summed E-state index contributed by atoms with van der Waals surface area (Å²) >= 11 is 0. The number of carbonyl (C=O) groups excluding carboxylic acids is 2. The van der Waals surface area contributed by atoms with Crippen molar-refractivity contribution >= 4 is 43.7 Å². The number of nitrogens with zero attached hydrogens (tertiary/aromatic N) is 3. The van der Waals surface area contributed by atoms with Crippen LogP contribution in [0.1, 0.15) is 76.2 Å². The molecule has 1 aromatic heterocycles. The third kappa shape index (κ3) is 7.91. The van der Waals surface area contributed by atoms with E-state index in [-0.39, 0.29) is 80.0 Å². The Labute approximate surface area is 303 Å². The predicted molar refractivity (Wildman–Crippen MR) is 194 cm³/mol. The molecule has 3 heterocycles. The lowest BCUT2D eigenvalue weighted by atomic mass is 9.92. The van der Waals surface area contributed by atoms with E-state index >= 15 is 4.39 Å². The van der Waals surface area contributed by atoms with Gasteiger partial charge in [0.1, 0.15) is 17.9 Å².